The van der Waals surface area contributed by atoms with Gasteiger partial charge in [0, 0.05) is 13.0 Å². The van der Waals surface area contributed by atoms with Crippen LogP contribution in [0.2, 0.25) is 0 Å². The van der Waals surface area contributed by atoms with Crippen molar-refractivity contribution in [2.45, 2.75) is 96.4 Å². The third-order valence-electron chi connectivity index (χ3n) is 6.67. The molecule has 0 aromatic rings. The van der Waals surface area contributed by atoms with Crippen molar-refractivity contribution in [2.75, 3.05) is 18.6 Å². The molecule has 0 bridgehead atoms. The summed E-state index contributed by atoms with van der Waals surface area (Å²) in [6.45, 7) is 7.54. The van der Waals surface area contributed by atoms with E-state index in [0.29, 0.717) is 31.6 Å². The zero-order chi connectivity index (χ0) is 30.6. The van der Waals surface area contributed by atoms with Gasteiger partial charge >= 0.3 is 5.97 Å². The van der Waals surface area contributed by atoms with Crippen LogP contribution >= 0.6 is 11.8 Å². The fraction of sp³-hybridized carbons (Fsp3) is 0.769. The second kappa shape index (κ2) is 17.1. The summed E-state index contributed by atoms with van der Waals surface area (Å²) in [4.78, 5) is 76.6. The van der Waals surface area contributed by atoms with Crippen molar-refractivity contribution in [3.05, 3.63) is 0 Å². The predicted molar refractivity (Wildman–Crippen MR) is 152 cm³/mol. The molecular weight excluding hydrogens is 540 g/mol. The molecule has 5 atom stereocenters. The summed E-state index contributed by atoms with van der Waals surface area (Å²) in [6.07, 6.45) is 3.28. The maximum absolute atomic E-state index is 13.6. The van der Waals surface area contributed by atoms with Gasteiger partial charge in [-0.05, 0) is 55.9 Å². The lowest BCUT2D eigenvalue weighted by molar-refractivity contribution is -0.144. The molecule has 40 heavy (non-hydrogen) atoms. The lowest BCUT2D eigenvalue weighted by Crippen LogP contribution is -2.59. The SMILES string of the molecule is CSCC[C@H](NC(=O)[C@@H](NC(=O)[C@@H]1CCCN1C(=O)[C@H](CC(C)C)NC(=O)[C@@H](N)CCC(N)=O)C(C)C)C(=O)O. The Hall–Kier alpha value is -2.87. The van der Waals surface area contributed by atoms with E-state index in [1.54, 1.807) is 13.8 Å². The molecule has 0 saturated carbocycles. The van der Waals surface area contributed by atoms with Gasteiger partial charge in [-0.1, -0.05) is 27.7 Å². The largest absolute Gasteiger partial charge is 0.480 e. The maximum atomic E-state index is 13.6. The van der Waals surface area contributed by atoms with E-state index in [9.17, 15) is 33.9 Å². The standard InChI is InChI=1S/C26H46N6O7S/c1-14(2)13-18(30-22(34)16(27)8-9-20(28)33)25(37)32-11-6-7-19(32)23(35)31-21(15(3)4)24(36)29-17(26(38)39)10-12-40-5/h14-19,21H,6-13,27H2,1-5H3,(H2,28,33)(H,29,36)(H,30,34)(H,31,35)(H,38,39)/t16-,17-,18-,19-,21-/m0/s1. The molecular formula is C26H46N6O7S. The van der Waals surface area contributed by atoms with E-state index in [-0.39, 0.29) is 31.1 Å². The normalized spacial score (nSPS) is 18.1. The number of rotatable bonds is 17. The quantitative estimate of drug-likeness (QED) is 0.130. The van der Waals surface area contributed by atoms with Gasteiger partial charge in [0.05, 0.1) is 6.04 Å². The van der Waals surface area contributed by atoms with Crippen LogP contribution in [0.4, 0.5) is 0 Å². The summed E-state index contributed by atoms with van der Waals surface area (Å²) in [6, 6.07) is -4.91. The van der Waals surface area contributed by atoms with Crippen LogP contribution < -0.4 is 27.4 Å². The average molecular weight is 587 g/mol. The Kier molecular flexibility index (Phi) is 15.0. The lowest BCUT2D eigenvalue weighted by atomic mass is 10.0. The molecule has 8 N–H and O–H groups in total. The number of nitrogens with two attached hydrogens (primary N) is 2. The summed E-state index contributed by atoms with van der Waals surface area (Å²) >= 11 is 1.46. The van der Waals surface area contributed by atoms with Gasteiger partial charge in [-0.25, -0.2) is 4.79 Å². The Morgan fingerprint density at radius 1 is 0.975 bits per heavy atom. The molecule has 14 heteroatoms. The molecule has 0 aliphatic carbocycles. The highest BCUT2D eigenvalue weighted by atomic mass is 32.2. The average Bonchev–Trinajstić information content (AvgIpc) is 3.36. The van der Waals surface area contributed by atoms with E-state index in [4.69, 9.17) is 11.5 Å². The number of carboxylic acids is 1. The van der Waals surface area contributed by atoms with Crippen LogP contribution in [0, 0.1) is 11.8 Å². The summed E-state index contributed by atoms with van der Waals surface area (Å²) in [5.74, 6) is -3.67. The number of primary amides is 1. The zero-order valence-corrected chi connectivity index (χ0v) is 24.9. The Labute approximate surface area is 240 Å². The number of nitrogens with one attached hydrogen (secondary N) is 3. The number of hydrogen-bond acceptors (Lipinski definition) is 8. The molecule has 1 rings (SSSR count). The topological polar surface area (TPSA) is 214 Å². The molecule has 0 unspecified atom stereocenters. The number of amides is 5. The first-order valence-electron chi connectivity index (χ1n) is 13.7. The smallest absolute Gasteiger partial charge is 0.326 e. The van der Waals surface area contributed by atoms with Crippen molar-refractivity contribution < 1.29 is 33.9 Å². The molecule has 13 nitrogen and oxygen atoms in total. The van der Waals surface area contributed by atoms with Gasteiger partial charge in [-0.3, -0.25) is 24.0 Å². The molecule has 0 spiro atoms. The van der Waals surface area contributed by atoms with Crippen molar-refractivity contribution in [3.63, 3.8) is 0 Å². The minimum atomic E-state index is -1.16. The highest BCUT2D eigenvalue weighted by Crippen LogP contribution is 2.21. The maximum Gasteiger partial charge on any atom is 0.326 e. The van der Waals surface area contributed by atoms with Crippen LogP contribution in [0.5, 0.6) is 0 Å². The van der Waals surface area contributed by atoms with E-state index in [2.05, 4.69) is 16.0 Å². The van der Waals surface area contributed by atoms with Crippen molar-refractivity contribution in [1.29, 1.82) is 0 Å². The third kappa shape index (κ3) is 11.3. The van der Waals surface area contributed by atoms with Crippen molar-refractivity contribution in [1.82, 2.24) is 20.9 Å². The van der Waals surface area contributed by atoms with Gasteiger partial charge in [0.15, 0.2) is 0 Å². The van der Waals surface area contributed by atoms with Crippen LogP contribution in [-0.2, 0) is 28.8 Å². The van der Waals surface area contributed by atoms with Gasteiger partial charge in [0.1, 0.15) is 24.2 Å². The molecule has 0 aromatic carbocycles. The van der Waals surface area contributed by atoms with Gasteiger partial charge < -0.3 is 37.4 Å². The molecule has 1 aliphatic rings. The van der Waals surface area contributed by atoms with Gasteiger partial charge in [0.2, 0.25) is 29.5 Å². The summed E-state index contributed by atoms with van der Waals surface area (Å²) in [5, 5.41) is 17.4. The minimum absolute atomic E-state index is 0.0354. The van der Waals surface area contributed by atoms with Crippen LogP contribution in [0.3, 0.4) is 0 Å². The second-order valence-corrected chi connectivity index (χ2v) is 11.9. The molecule has 5 amide bonds. The number of carbonyl (C=O) groups excluding carboxylic acids is 5. The molecule has 1 heterocycles. The third-order valence-corrected chi connectivity index (χ3v) is 7.31. The van der Waals surface area contributed by atoms with Gasteiger partial charge in [-0.15, -0.1) is 0 Å². The highest BCUT2D eigenvalue weighted by molar-refractivity contribution is 7.98. The molecule has 0 aromatic heterocycles. The van der Waals surface area contributed by atoms with Crippen LogP contribution in [-0.4, -0.2) is 94.3 Å². The number of nitrogens with zero attached hydrogens (tertiary/aromatic N) is 1. The first-order chi connectivity index (χ1) is 18.7. The first kappa shape index (κ1) is 35.2. The Morgan fingerprint density at radius 3 is 2.12 bits per heavy atom. The zero-order valence-electron chi connectivity index (χ0n) is 24.1. The summed E-state index contributed by atoms with van der Waals surface area (Å²) < 4.78 is 0. The number of thioether (sulfide) groups is 1. The van der Waals surface area contributed by atoms with Gasteiger partial charge in [-0.2, -0.15) is 11.8 Å². The first-order valence-corrected chi connectivity index (χ1v) is 15.1. The Balaban J connectivity index is 3.00. The highest BCUT2D eigenvalue weighted by Gasteiger charge is 2.40. The summed E-state index contributed by atoms with van der Waals surface area (Å²) in [5.41, 5.74) is 11.0. The van der Waals surface area contributed by atoms with Gasteiger partial charge in [0.25, 0.3) is 0 Å². The predicted octanol–water partition coefficient (Wildman–Crippen LogP) is -0.436. The number of hydrogen-bond donors (Lipinski definition) is 6. The fourth-order valence-corrected chi connectivity index (χ4v) is 4.91. The number of carbonyl (C=O) groups is 6. The molecule has 1 saturated heterocycles. The van der Waals surface area contributed by atoms with Crippen molar-refractivity contribution in [3.8, 4) is 0 Å². The number of carboxylic acid groups (broad SMARTS) is 1. The van der Waals surface area contributed by atoms with E-state index < -0.39 is 65.7 Å². The molecule has 1 aliphatic heterocycles. The number of aliphatic carboxylic acids is 1. The van der Waals surface area contributed by atoms with E-state index >= 15 is 0 Å². The lowest BCUT2D eigenvalue weighted by Gasteiger charge is -2.31. The minimum Gasteiger partial charge on any atom is -0.480 e. The number of likely N-dealkylation sites (tertiary alicyclic amines) is 1. The van der Waals surface area contributed by atoms with Crippen LogP contribution in [0.1, 0.15) is 66.2 Å². The molecule has 228 valence electrons. The Morgan fingerprint density at radius 2 is 1.60 bits per heavy atom. The monoisotopic (exact) mass is 586 g/mol. The summed E-state index contributed by atoms with van der Waals surface area (Å²) in [7, 11) is 0. The fourth-order valence-electron chi connectivity index (χ4n) is 4.44. The molecule has 1 fully saturated rings. The van der Waals surface area contributed by atoms with E-state index in [1.807, 2.05) is 20.1 Å². The van der Waals surface area contributed by atoms with E-state index in [0.717, 1.165) is 0 Å². The Bertz CT molecular complexity index is 916. The van der Waals surface area contributed by atoms with Crippen molar-refractivity contribution in [2.24, 2.45) is 23.3 Å². The second-order valence-electron chi connectivity index (χ2n) is 10.9. The molecule has 0 radical (unpaired) electrons. The van der Waals surface area contributed by atoms with Crippen LogP contribution in [0.25, 0.3) is 0 Å². The van der Waals surface area contributed by atoms with Crippen molar-refractivity contribution >= 4 is 47.3 Å². The van der Waals surface area contributed by atoms with E-state index in [1.165, 1.54) is 16.7 Å². The van der Waals surface area contributed by atoms with Crippen LogP contribution in [0.15, 0.2) is 0 Å².